The number of carbonyl (C=O) groups excluding carboxylic acids is 1. The molecule has 1 amide bonds. The molecule has 0 aliphatic rings. The van der Waals surface area contributed by atoms with Crippen LogP contribution in [0.25, 0.3) is 10.9 Å². The Morgan fingerprint density at radius 1 is 1.11 bits per heavy atom. The molecule has 0 saturated carbocycles. The lowest BCUT2D eigenvalue weighted by Gasteiger charge is -2.14. The van der Waals surface area contributed by atoms with E-state index in [2.05, 4.69) is 0 Å². The molecule has 1 aromatic heterocycles. The highest BCUT2D eigenvalue weighted by atomic mass is 32.2. The van der Waals surface area contributed by atoms with Crippen molar-refractivity contribution in [3.05, 3.63) is 54.5 Å². The number of hydrogen-bond donors (Lipinski definition) is 1. The van der Waals surface area contributed by atoms with Crippen molar-refractivity contribution in [3.8, 4) is 5.75 Å². The standard InChI is InChI=1S/C17H12F4N2O4S/c1-27-15-5-4-12(9-13(15)22-16(24)17(19,20)21)28(25,26)23-7-6-10-2-3-11(18)8-14(10)23/h2-9H,1H3,(H,22,24). The van der Waals surface area contributed by atoms with Crippen LogP contribution < -0.4 is 10.1 Å². The molecule has 0 fully saturated rings. The van der Waals surface area contributed by atoms with Crippen molar-refractivity contribution in [1.82, 2.24) is 3.97 Å². The molecule has 6 nitrogen and oxygen atoms in total. The molecular formula is C17H12F4N2O4S. The summed E-state index contributed by atoms with van der Waals surface area (Å²) in [7, 11) is -3.15. The maximum Gasteiger partial charge on any atom is 0.471 e. The van der Waals surface area contributed by atoms with Crippen molar-refractivity contribution >= 4 is 32.5 Å². The van der Waals surface area contributed by atoms with Gasteiger partial charge in [0, 0.05) is 11.6 Å². The minimum Gasteiger partial charge on any atom is -0.495 e. The van der Waals surface area contributed by atoms with Crippen LogP contribution in [0.5, 0.6) is 5.75 Å². The fourth-order valence-corrected chi connectivity index (χ4v) is 3.91. The van der Waals surface area contributed by atoms with Crippen LogP contribution in [0, 0.1) is 5.82 Å². The van der Waals surface area contributed by atoms with Gasteiger partial charge in [0.15, 0.2) is 0 Å². The van der Waals surface area contributed by atoms with Crippen LogP contribution in [0.4, 0.5) is 23.2 Å². The lowest BCUT2D eigenvalue weighted by atomic mass is 10.2. The summed E-state index contributed by atoms with van der Waals surface area (Å²) in [6, 6.07) is 8.05. The van der Waals surface area contributed by atoms with Gasteiger partial charge in [-0.15, -0.1) is 0 Å². The molecule has 0 aliphatic carbocycles. The number of nitrogens with one attached hydrogen (secondary N) is 1. The molecule has 28 heavy (non-hydrogen) atoms. The number of halogens is 4. The maximum atomic E-state index is 13.5. The van der Waals surface area contributed by atoms with E-state index < -0.39 is 38.5 Å². The van der Waals surface area contributed by atoms with E-state index in [0.717, 1.165) is 41.4 Å². The first kappa shape index (κ1) is 19.7. The molecule has 0 spiro atoms. The second-order valence-electron chi connectivity index (χ2n) is 5.63. The third kappa shape index (κ3) is 3.52. The van der Waals surface area contributed by atoms with Gasteiger partial charge < -0.3 is 10.1 Å². The zero-order valence-corrected chi connectivity index (χ0v) is 14.9. The second kappa shape index (κ2) is 6.82. The van der Waals surface area contributed by atoms with Gasteiger partial charge in [-0.05, 0) is 42.5 Å². The number of alkyl halides is 3. The van der Waals surface area contributed by atoms with E-state index in [9.17, 15) is 30.8 Å². The monoisotopic (exact) mass is 416 g/mol. The summed E-state index contributed by atoms with van der Waals surface area (Å²) in [6.07, 6.45) is -3.98. The number of fused-ring (bicyclic) bond motifs is 1. The Kier molecular flexibility index (Phi) is 4.79. The van der Waals surface area contributed by atoms with Crippen molar-refractivity contribution in [2.45, 2.75) is 11.1 Å². The number of amides is 1. The molecule has 2 aromatic carbocycles. The van der Waals surface area contributed by atoms with Crippen LogP contribution in [0.15, 0.2) is 53.6 Å². The van der Waals surface area contributed by atoms with E-state index in [1.54, 1.807) is 5.32 Å². The summed E-state index contributed by atoms with van der Waals surface area (Å²) in [5.74, 6) is -3.11. The lowest BCUT2D eigenvalue weighted by molar-refractivity contribution is -0.167. The lowest BCUT2D eigenvalue weighted by Crippen LogP contribution is -2.30. The predicted molar refractivity (Wildman–Crippen MR) is 92.2 cm³/mol. The van der Waals surface area contributed by atoms with Crippen molar-refractivity contribution in [1.29, 1.82) is 0 Å². The van der Waals surface area contributed by atoms with Gasteiger partial charge in [0.1, 0.15) is 11.6 Å². The number of anilines is 1. The van der Waals surface area contributed by atoms with Gasteiger partial charge in [0.2, 0.25) is 0 Å². The summed E-state index contributed by atoms with van der Waals surface area (Å²) in [6.45, 7) is 0. The summed E-state index contributed by atoms with van der Waals surface area (Å²) in [4.78, 5) is 10.8. The maximum absolute atomic E-state index is 13.5. The number of methoxy groups -OCH3 is 1. The van der Waals surface area contributed by atoms with Crippen molar-refractivity contribution < 1.29 is 35.5 Å². The number of ether oxygens (including phenoxy) is 1. The first-order valence-electron chi connectivity index (χ1n) is 7.62. The minimum absolute atomic E-state index is 0.0525. The largest absolute Gasteiger partial charge is 0.495 e. The van der Waals surface area contributed by atoms with Gasteiger partial charge in [-0.1, -0.05) is 0 Å². The molecule has 148 valence electrons. The van der Waals surface area contributed by atoms with Gasteiger partial charge in [0.25, 0.3) is 10.0 Å². The number of benzene rings is 2. The third-order valence-corrected chi connectivity index (χ3v) is 5.54. The number of carbonyl (C=O) groups is 1. The average molecular weight is 416 g/mol. The van der Waals surface area contributed by atoms with Crippen LogP contribution in [0.2, 0.25) is 0 Å². The van der Waals surface area contributed by atoms with Gasteiger partial charge in [-0.2, -0.15) is 13.2 Å². The molecule has 3 aromatic rings. The SMILES string of the molecule is COc1ccc(S(=O)(=O)n2ccc3ccc(F)cc32)cc1NC(=O)C(F)(F)F. The smallest absolute Gasteiger partial charge is 0.471 e. The van der Waals surface area contributed by atoms with E-state index in [0.29, 0.717) is 5.39 Å². The molecule has 3 rings (SSSR count). The number of rotatable bonds is 4. The normalized spacial score (nSPS) is 12.2. The Morgan fingerprint density at radius 2 is 1.82 bits per heavy atom. The van der Waals surface area contributed by atoms with E-state index in [1.807, 2.05) is 0 Å². The van der Waals surface area contributed by atoms with Gasteiger partial charge >= 0.3 is 12.1 Å². The zero-order chi connectivity index (χ0) is 20.7. The summed E-state index contributed by atoms with van der Waals surface area (Å²) < 4.78 is 82.6. The van der Waals surface area contributed by atoms with Crippen LogP contribution in [0.3, 0.4) is 0 Å². The third-order valence-electron chi connectivity index (χ3n) is 3.85. The summed E-state index contributed by atoms with van der Waals surface area (Å²) >= 11 is 0. The van der Waals surface area contributed by atoms with Gasteiger partial charge in [0.05, 0.1) is 23.2 Å². The molecule has 1 heterocycles. The first-order chi connectivity index (χ1) is 13.0. The molecule has 0 atom stereocenters. The van der Waals surface area contributed by atoms with Crippen molar-refractivity contribution in [2.75, 3.05) is 12.4 Å². The van der Waals surface area contributed by atoms with Crippen LogP contribution >= 0.6 is 0 Å². The van der Waals surface area contributed by atoms with Crippen LogP contribution in [-0.4, -0.2) is 31.6 Å². The van der Waals surface area contributed by atoms with E-state index in [1.165, 1.54) is 18.3 Å². The van der Waals surface area contributed by atoms with Crippen molar-refractivity contribution in [3.63, 3.8) is 0 Å². The van der Waals surface area contributed by atoms with Gasteiger partial charge in [-0.3, -0.25) is 4.79 Å². The minimum atomic E-state index is -5.17. The van der Waals surface area contributed by atoms with Crippen LogP contribution in [0.1, 0.15) is 0 Å². The Balaban J connectivity index is 2.10. The highest BCUT2D eigenvalue weighted by Gasteiger charge is 2.39. The fourth-order valence-electron chi connectivity index (χ4n) is 2.54. The topological polar surface area (TPSA) is 77.4 Å². The Morgan fingerprint density at radius 3 is 2.46 bits per heavy atom. The Labute approximate surface area is 156 Å². The highest BCUT2D eigenvalue weighted by molar-refractivity contribution is 7.90. The number of nitrogens with zero attached hydrogens (tertiary/aromatic N) is 1. The fraction of sp³-hybridized carbons (Fsp3) is 0.118. The Bertz CT molecular complexity index is 1170. The molecule has 0 bridgehead atoms. The Hall–Kier alpha value is -3.08. The van der Waals surface area contributed by atoms with Gasteiger partial charge in [-0.25, -0.2) is 16.8 Å². The second-order valence-corrected chi connectivity index (χ2v) is 7.45. The molecule has 0 saturated heterocycles. The molecule has 1 N–H and O–H groups in total. The zero-order valence-electron chi connectivity index (χ0n) is 14.1. The molecule has 11 heteroatoms. The number of aromatic nitrogens is 1. The van der Waals surface area contributed by atoms with Crippen molar-refractivity contribution in [2.24, 2.45) is 0 Å². The van der Waals surface area contributed by atoms with E-state index in [-0.39, 0.29) is 11.3 Å². The quantitative estimate of drug-likeness (QED) is 0.661. The van der Waals surface area contributed by atoms with E-state index >= 15 is 0 Å². The molecule has 0 unspecified atom stereocenters. The summed E-state index contributed by atoms with van der Waals surface area (Å²) in [5, 5.41) is 2.03. The van der Waals surface area contributed by atoms with Crippen LogP contribution in [-0.2, 0) is 14.8 Å². The summed E-state index contributed by atoms with van der Waals surface area (Å²) in [5.41, 5.74) is -0.426. The number of hydrogen-bond acceptors (Lipinski definition) is 4. The predicted octanol–water partition coefficient (Wildman–Crippen LogP) is 3.53. The van der Waals surface area contributed by atoms with E-state index in [4.69, 9.17) is 4.74 Å². The highest BCUT2D eigenvalue weighted by Crippen LogP contribution is 2.31. The average Bonchev–Trinajstić information content (AvgIpc) is 3.04. The molecule has 0 radical (unpaired) electrons. The molecule has 0 aliphatic heterocycles. The molecular weight excluding hydrogens is 404 g/mol. The first-order valence-corrected chi connectivity index (χ1v) is 9.06.